The first-order valence-electron chi connectivity index (χ1n) is 4.81. The van der Waals surface area contributed by atoms with Gasteiger partial charge in [0.2, 0.25) is 0 Å². The Labute approximate surface area is 109 Å². The Balaban J connectivity index is 2.81. The molecule has 1 heterocycles. The van der Waals surface area contributed by atoms with Gasteiger partial charge in [-0.05, 0) is 35.3 Å². The van der Waals surface area contributed by atoms with Crippen LogP contribution in [0, 0.1) is 0 Å². The highest BCUT2D eigenvalue weighted by molar-refractivity contribution is 9.10. The van der Waals surface area contributed by atoms with Crippen molar-refractivity contribution < 1.29 is 0 Å². The van der Waals surface area contributed by atoms with E-state index in [0.717, 1.165) is 29.8 Å². The van der Waals surface area contributed by atoms with Crippen molar-refractivity contribution in [3.63, 3.8) is 0 Å². The Morgan fingerprint density at radius 1 is 1.53 bits per heavy atom. The lowest BCUT2D eigenvalue weighted by Crippen LogP contribution is -2.25. The molecule has 2 nitrogen and oxygen atoms in total. The lowest BCUT2D eigenvalue weighted by molar-refractivity contribution is 0.779. The van der Waals surface area contributed by atoms with Crippen LogP contribution in [0.4, 0.5) is 5.82 Å². The fourth-order valence-electron chi connectivity index (χ4n) is 1.30. The molecular formula is C10H13BrCl2N2. The summed E-state index contributed by atoms with van der Waals surface area (Å²) in [7, 11) is 0. The highest BCUT2D eigenvalue weighted by atomic mass is 79.9. The summed E-state index contributed by atoms with van der Waals surface area (Å²) in [4.78, 5) is 6.48. The normalized spacial score (nSPS) is 10.4. The van der Waals surface area contributed by atoms with E-state index in [-0.39, 0.29) is 0 Å². The molecule has 1 rings (SSSR count). The lowest BCUT2D eigenvalue weighted by Gasteiger charge is -2.22. The second-order valence-electron chi connectivity index (χ2n) is 3.08. The van der Waals surface area contributed by atoms with Crippen LogP contribution in [0.15, 0.2) is 16.7 Å². The summed E-state index contributed by atoms with van der Waals surface area (Å²) in [5.41, 5.74) is 0. The number of pyridine rings is 1. The van der Waals surface area contributed by atoms with Crippen molar-refractivity contribution in [3.05, 3.63) is 21.8 Å². The molecule has 0 saturated carbocycles. The molecule has 0 fully saturated rings. The van der Waals surface area contributed by atoms with Gasteiger partial charge in [0.25, 0.3) is 0 Å². The van der Waals surface area contributed by atoms with Crippen molar-refractivity contribution >= 4 is 44.9 Å². The zero-order valence-corrected chi connectivity index (χ0v) is 11.6. The molecular weight excluding hydrogens is 299 g/mol. The fraction of sp³-hybridized carbons (Fsp3) is 0.500. The molecule has 5 heteroatoms. The first kappa shape index (κ1) is 13.1. The third kappa shape index (κ3) is 3.82. The third-order valence-corrected chi connectivity index (χ3v) is 3.09. The van der Waals surface area contributed by atoms with Gasteiger partial charge in [0, 0.05) is 25.2 Å². The summed E-state index contributed by atoms with van der Waals surface area (Å²) in [6.07, 6.45) is 2.61. The topological polar surface area (TPSA) is 16.1 Å². The van der Waals surface area contributed by atoms with Crippen molar-refractivity contribution in [2.45, 2.75) is 13.3 Å². The molecule has 0 spiro atoms. The molecule has 0 atom stereocenters. The number of alkyl halides is 1. The van der Waals surface area contributed by atoms with E-state index in [1.165, 1.54) is 0 Å². The molecule has 0 aliphatic heterocycles. The zero-order chi connectivity index (χ0) is 11.3. The molecule has 1 aromatic heterocycles. The highest BCUT2D eigenvalue weighted by Gasteiger charge is 2.09. The van der Waals surface area contributed by atoms with E-state index in [2.05, 4.69) is 32.7 Å². The zero-order valence-electron chi connectivity index (χ0n) is 8.51. The molecule has 15 heavy (non-hydrogen) atoms. The average molecular weight is 312 g/mol. The van der Waals surface area contributed by atoms with Crippen LogP contribution in [-0.2, 0) is 0 Å². The van der Waals surface area contributed by atoms with Crippen molar-refractivity contribution in [3.8, 4) is 0 Å². The molecule has 0 radical (unpaired) electrons. The van der Waals surface area contributed by atoms with E-state index >= 15 is 0 Å². The number of hydrogen-bond acceptors (Lipinski definition) is 2. The largest absolute Gasteiger partial charge is 0.356 e. The van der Waals surface area contributed by atoms with E-state index in [4.69, 9.17) is 23.2 Å². The van der Waals surface area contributed by atoms with Gasteiger partial charge in [0.1, 0.15) is 5.82 Å². The van der Waals surface area contributed by atoms with Crippen LogP contribution >= 0.6 is 39.1 Å². The minimum Gasteiger partial charge on any atom is -0.356 e. The van der Waals surface area contributed by atoms with Crippen LogP contribution in [0.25, 0.3) is 0 Å². The van der Waals surface area contributed by atoms with Gasteiger partial charge in [-0.25, -0.2) is 4.98 Å². The van der Waals surface area contributed by atoms with Gasteiger partial charge in [-0.1, -0.05) is 11.6 Å². The SMILES string of the molecule is CCN(CCCCl)c1ncc(Cl)cc1Br. The second kappa shape index (κ2) is 6.56. The van der Waals surface area contributed by atoms with Crippen molar-refractivity contribution in [1.82, 2.24) is 4.98 Å². The number of rotatable bonds is 5. The average Bonchev–Trinajstić information content (AvgIpc) is 2.21. The van der Waals surface area contributed by atoms with Crippen molar-refractivity contribution in [1.29, 1.82) is 0 Å². The second-order valence-corrected chi connectivity index (χ2v) is 4.75. The standard InChI is InChI=1S/C10H13BrCl2N2/c1-2-15(5-3-4-12)10-9(11)6-8(13)7-14-10/h6-7H,2-5H2,1H3. The molecule has 0 aliphatic rings. The van der Waals surface area contributed by atoms with Gasteiger partial charge in [-0.3, -0.25) is 0 Å². The van der Waals surface area contributed by atoms with Gasteiger partial charge in [-0.15, -0.1) is 11.6 Å². The van der Waals surface area contributed by atoms with Crippen molar-refractivity contribution in [2.75, 3.05) is 23.9 Å². The predicted octanol–water partition coefficient (Wildman–Crippen LogP) is 3.95. The maximum absolute atomic E-state index is 5.84. The minimum atomic E-state index is 0.638. The summed E-state index contributed by atoms with van der Waals surface area (Å²) in [5.74, 6) is 1.59. The van der Waals surface area contributed by atoms with Crippen LogP contribution in [0.5, 0.6) is 0 Å². The molecule has 0 unspecified atom stereocenters. The Morgan fingerprint density at radius 2 is 2.27 bits per heavy atom. The summed E-state index contributed by atoms with van der Waals surface area (Å²) in [5, 5.41) is 0.638. The van der Waals surface area contributed by atoms with Gasteiger partial charge in [0.05, 0.1) is 9.50 Å². The lowest BCUT2D eigenvalue weighted by atomic mass is 10.3. The number of halogens is 3. The van der Waals surface area contributed by atoms with Gasteiger partial charge in [0.15, 0.2) is 0 Å². The maximum Gasteiger partial charge on any atom is 0.142 e. The quantitative estimate of drug-likeness (QED) is 0.765. The Morgan fingerprint density at radius 3 is 2.80 bits per heavy atom. The van der Waals surface area contributed by atoms with E-state index in [9.17, 15) is 0 Å². The number of aromatic nitrogens is 1. The summed E-state index contributed by atoms with van der Waals surface area (Å²) in [6.45, 7) is 3.91. The fourth-order valence-corrected chi connectivity index (χ4v) is 2.31. The molecule has 0 N–H and O–H groups in total. The number of hydrogen-bond donors (Lipinski definition) is 0. The smallest absolute Gasteiger partial charge is 0.142 e. The van der Waals surface area contributed by atoms with E-state index < -0.39 is 0 Å². The first-order chi connectivity index (χ1) is 7.19. The molecule has 84 valence electrons. The first-order valence-corrected chi connectivity index (χ1v) is 6.51. The van der Waals surface area contributed by atoms with Gasteiger partial charge >= 0.3 is 0 Å². The molecule has 0 saturated heterocycles. The van der Waals surface area contributed by atoms with Gasteiger partial charge < -0.3 is 4.90 Å². The monoisotopic (exact) mass is 310 g/mol. The highest BCUT2D eigenvalue weighted by Crippen LogP contribution is 2.26. The van der Waals surface area contributed by atoms with Crippen LogP contribution in [-0.4, -0.2) is 24.0 Å². The molecule has 0 aromatic carbocycles. The molecule has 1 aromatic rings. The predicted molar refractivity (Wildman–Crippen MR) is 70.2 cm³/mol. The third-order valence-electron chi connectivity index (χ3n) is 2.03. The number of nitrogens with zero attached hydrogens (tertiary/aromatic N) is 2. The Bertz CT molecular complexity index is 320. The van der Waals surface area contributed by atoms with Crippen LogP contribution < -0.4 is 4.90 Å². The Kier molecular flexibility index (Phi) is 5.72. The van der Waals surface area contributed by atoms with E-state index in [1.54, 1.807) is 6.20 Å². The van der Waals surface area contributed by atoms with E-state index in [1.807, 2.05) is 6.07 Å². The summed E-state index contributed by atoms with van der Waals surface area (Å²) >= 11 is 15.0. The van der Waals surface area contributed by atoms with Crippen LogP contribution in [0.3, 0.4) is 0 Å². The Hall–Kier alpha value is 0.01000. The number of anilines is 1. The van der Waals surface area contributed by atoms with Crippen LogP contribution in [0.2, 0.25) is 5.02 Å². The van der Waals surface area contributed by atoms with Gasteiger partial charge in [-0.2, -0.15) is 0 Å². The van der Waals surface area contributed by atoms with E-state index in [0.29, 0.717) is 10.9 Å². The summed E-state index contributed by atoms with van der Waals surface area (Å²) in [6, 6.07) is 1.85. The molecule has 0 bridgehead atoms. The minimum absolute atomic E-state index is 0.638. The van der Waals surface area contributed by atoms with Crippen LogP contribution in [0.1, 0.15) is 13.3 Å². The molecule has 0 aliphatic carbocycles. The van der Waals surface area contributed by atoms with Crippen molar-refractivity contribution in [2.24, 2.45) is 0 Å². The maximum atomic E-state index is 5.84. The summed E-state index contributed by atoms with van der Waals surface area (Å²) < 4.78 is 0.923. The molecule has 0 amide bonds.